The Balaban J connectivity index is 1.94. The second-order valence-corrected chi connectivity index (χ2v) is 5.39. The van der Waals surface area contributed by atoms with Crippen LogP contribution in [0.2, 0.25) is 10.0 Å². The molecule has 0 spiro atoms. The zero-order chi connectivity index (χ0) is 13.8. The number of carbonyl (C=O) groups excluding carboxylic acids is 1. The van der Waals surface area contributed by atoms with Gasteiger partial charge in [0.25, 0.3) is 0 Å². The van der Waals surface area contributed by atoms with Gasteiger partial charge in [-0.15, -0.1) is 0 Å². The predicted octanol–water partition coefficient (Wildman–Crippen LogP) is 2.46. The molecule has 1 saturated heterocycles. The number of thiocarbonyl (C=S) groups is 1. The third-order valence-electron chi connectivity index (χ3n) is 2.92. The topological polar surface area (TPSA) is 35.6 Å². The van der Waals surface area contributed by atoms with Crippen molar-refractivity contribution in [3.63, 3.8) is 0 Å². The standard InChI is InChI=1S/C12H13Cl2N3OS/c13-10-2-1-9(7-11(10)14)15-12(19)17-5-3-16(8-18)4-6-17/h1-2,7-8H,3-6H2,(H,15,19). The van der Waals surface area contributed by atoms with Crippen molar-refractivity contribution >= 4 is 52.6 Å². The molecule has 1 aliphatic heterocycles. The number of piperazine rings is 1. The molecule has 102 valence electrons. The average molecular weight is 318 g/mol. The van der Waals surface area contributed by atoms with Crippen molar-refractivity contribution in [1.29, 1.82) is 0 Å². The van der Waals surface area contributed by atoms with Crippen LogP contribution in [-0.4, -0.2) is 47.5 Å². The summed E-state index contributed by atoms with van der Waals surface area (Å²) in [4.78, 5) is 14.4. The Morgan fingerprint density at radius 3 is 2.47 bits per heavy atom. The first kappa shape index (κ1) is 14.4. The first-order chi connectivity index (χ1) is 9.10. The molecule has 1 aliphatic rings. The maximum atomic E-state index is 10.6. The van der Waals surface area contributed by atoms with E-state index >= 15 is 0 Å². The SMILES string of the molecule is O=CN1CCN(C(=S)Nc2ccc(Cl)c(Cl)c2)CC1. The van der Waals surface area contributed by atoms with Crippen molar-refractivity contribution in [1.82, 2.24) is 9.80 Å². The maximum absolute atomic E-state index is 10.6. The maximum Gasteiger partial charge on any atom is 0.209 e. The van der Waals surface area contributed by atoms with Crippen molar-refractivity contribution in [3.05, 3.63) is 28.2 Å². The number of rotatable bonds is 2. The lowest BCUT2D eigenvalue weighted by molar-refractivity contribution is -0.119. The molecule has 1 aromatic carbocycles. The molecule has 0 aliphatic carbocycles. The van der Waals surface area contributed by atoms with E-state index in [4.69, 9.17) is 35.4 Å². The van der Waals surface area contributed by atoms with Crippen molar-refractivity contribution in [2.75, 3.05) is 31.5 Å². The van der Waals surface area contributed by atoms with Gasteiger partial charge in [0, 0.05) is 31.9 Å². The Hall–Kier alpha value is -1.04. The second-order valence-electron chi connectivity index (χ2n) is 4.19. The van der Waals surface area contributed by atoms with Gasteiger partial charge >= 0.3 is 0 Å². The number of carbonyl (C=O) groups is 1. The number of amides is 1. The van der Waals surface area contributed by atoms with Crippen molar-refractivity contribution < 1.29 is 4.79 Å². The molecule has 1 fully saturated rings. The molecule has 1 amide bonds. The van der Waals surface area contributed by atoms with Gasteiger partial charge < -0.3 is 15.1 Å². The van der Waals surface area contributed by atoms with Crippen LogP contribution in [0, 0.1) is 0 Å². The summed E-state index contributed by atoms with van der Waals surface area (Å²) < 4.78 is 0. The fraction of sp³-hybridized carbons (Fsp3) is 0.333. The van der Waals surface area contributed by atoms with E-state index in [1.165, 1.54) is 0 Å². The van der Waals surface area contributed by atoms with Crippen LogP contribution in [0.15, 0.2) is 18.2 Å². The summed E-state index contributed by atoms with van der Waals surface area (Å²) >= 11 is 17.1. The van der Waals surface area contributed by atoms with Gasteiger partial charge in [-0.3, -0.25) is 4.79 Å². The highest BCUT2D eigenvalue weighted by atomic mass is 35.5. The fourth-order valence-corrected chi connectivity index (χ4v) is 2.41. The molecule has 1 N–H and O–H groups in total. The third kappa shape index (κ3) is 3.72. The molecule has 0 atom stereocenters. The zero-order valence-corrected chi connectivity index (χ0v) is 12.4. The van der Waals surface area contributed by atoms with E-state index in [1.54, 1.807) is 17.0 Å². The Bertz CT molecular complexity index is 490. The van der Waals surface area contributed by atoms with Gasteiger partial charge in [0.15, 0.2) is 5.11 Å². The van der Waals surface area contributed by atoms with Gasteiger partial charge in [-0.05, 0) is 30.4 Å². The largest absolute Gasteiger partial charge is 0.345 e. The second kappa shape index (κ2) is 6.41. The highest BCUT2D eigenvalue weighted by Gasteiger charge is 2.17. The number of nitrogens with zero attached hydrogens (tertiary/aromatic N) is 2. The molecule has 0 radical (unpaired) electrons. The summed E-state index contributed by atoms with van der Waals surface area (Å²) in [6.07, 6.45) is 0.868. The van der Waals surface area contributed by atoms with Crippen LogP contribution in [0.3, 0.4) is 0 Å². The van der Waals surface area contributed by atoms with Crippen LogP contribution in [0.5, 0.6) is 0 Å². The molecule has 1 heterocycles. The van der Waals surface area contributed by atoms with Crippen LogP contribution in [-0.2, 0) is 4.79 Å². The summed E-state index contributed by atoms with van der Waals surface area (Å²) in [5, 5.41) is 4.75. The minimum atomic E-state index is 0.486. The summed E-state index contributed by atoms with van der Waals surface area (Å²) in [5.41, 5.74) is 0.803. The smallest absolute Gasteiger partial charge is 0.209 e. The molecule has 0 bridgehead atoms. The van der Waals surface area contributed by atoms with E-state index in [9.17, 15) is 4.79 Å². The van der Waals surface area contributed by atoms with Gasteiger partial charge in [-0.1, -0.05) is 23.2 Å². The quantitative estimate of drug-likeness (QED) is 0.671. The molecule has 7 heteroatoms. The minimum Gasteiger partial charge on any atom is -0.345 e. The van der Waals surface area contributed by atoms with Crippen LogP contribution in [0.1, 0.15) is 0 Å². The first-order valence-corrected chi connectivity index (χ1v) is 6.97. The van der Waals surface area contributed by atoms with Crippen LogP contribution < -0.4 is 5.32 Å². The van der Waals surface area contributed by atoms with E-state index < -0.39 is 0 Å². The Morgan fingerprint density at radius 1 is 1.21 bits per heavy atom. The van der Waals surface area contributed by atoms with Gasteiger partial charge in [-0.25, -0.2) is 0 Å². The summed E-state index contributed by atoms with van der Waals surface area (Å²) in [7, 11) is 0. The number of anilines is 1. The number of nitrogens with one attached hydrogen (secondary N) is 1. The van der Waals surface area contributed by atoms with Crippen LogP contribution in [0.25, 0.3) is 0 Å². The molecule has 0 unspecified atom stereocenters. The average Bonchev–Trinajstić information content (AvgIpc) is 2.43. The molecule has 2 rings (SSSR count). The molecular formula is C12H13Cl2N3OS. The van der Waals surface area contributed by atoms with Gasteiger partial charge in [-0.2, -0.15) is 0 Å². The summed E-state index contributed by atoms with van der Waals surface area (Å²) in [5.74, 6) is 0. The Labute approximate surface area is 127 Å². The zero-order valence-electron chi connectivity index (χ0n) is 10.1. The lowest BCUT2D eigenvalue weighted by Crippen LogP contribution is -2.49. The molecule has 19 heavy (non-hydrogen) atoms. The number of benzene rings is 1. The number of hydrogen-bond acceptors (Lipinski definition) is 2. The van der Waals surface area contributed by atoms with E-state index in [1.807, 2.05) is 11.0 Å². The molecule has 4 nitrogen and oxygen atoms in total. The van der Waals surface area contributed by atoms with Crippen LogP contribution >= 0.6 is 35.4 Å². The first-order valence-electron chi connectivity index (χ1n) is 5.80. The lowest BCUT2D eigenvalue weighted by atomic mass is 10.3. The van der Waals surface area contributed by atoms with E-state index in [2.05, 4.69) is 5.32 Å². The minimum absolute atomic E-state index is 0.486. The van der Waals surface area contributed by atoms with E-state index in [0.29, 0.717) is 28.2 Å². The normalized spacial score (nSPS) is 15.3. The summed E-state index contributed by atoms with van der Waals surface area (Å²) in [6.45, 7) is 2.83. The summed E-state index contributed by atoms with van der Waals surface area (Å²) in [6, 6.07) is 5.28. The highest BCUT2D eigenvalue weighted by molar-refractivity contribution is 7.80. The fourth-order valence-electron chi connectivity index (χ4n) is 1.81. The predicted molar refractivity (Wildman–Crippen MR) is 81.9 cm³/mol. The number of halogens is 2. The molecule has 0 aromatic heterocycles. The monoisotopic (exact) mass is 317 g/mol. The van der Waals surface area contributed by atoms with E-state index in [-0.39, 0.29) is 0 Å². The van der Waals surface area contributed by atoms with Gasteiger partial charge in [0.05, 0.1) is 10.0 Å². The number of hydrogen-bond donors (Lipinski definition) is 1. The molecular weight excluding hydrogens is 305 g/mol. The van der Waals surface area contributed by atoms with Gasteiger partial charge in [0.1, 0.15) is 0 Å². The lowest BCUT2D eigenvalue weighted by Gasteiger charge is -2.34. The highest BCUT2D eigenvalue weighted by Crippen LogP contribution is 2.25. The van der Waals surface area contributed by atoms with Crippen LogP contribution in [0.4, 0.5) is 5.69 Å². The van der Waals surface area contributed by atoms with Gasteiger partial charge in [0.2, 0.25) is 6.41 Å². The molecule has 1 aromatic rings. The van der Waals surface area contributed by atoms with Crippen molar-refractivity contribution in [2.45, 2.75) is 0 Å². The molecule has 0 saturated carbocycles. The third-order valence-corrected chi connectivity index (χ3v) is 4.02. The van der Waals surface area contributed by atoms with Crippen molar-refractivity contribution in [2.24, 2.45) is 0 Å². The Kier molecular flexibility index (Phi) is 4.85. The van der Waals surface area contributed by atoms with E-state index in [0.717, 1.165) is 25.2 Å². The van der Waals surface area contributed by atoms with Crippen molar-refractivity contribution in [3.8, 4) is 0 Å². The Morgan fingerprint density at radius 2 is 1.89 bits per heavy atom.